The molecule has 0 atom stereocenters. The molecule has 1 aromatic carbocycles. The van der Waals surface area contributed by atoms with Crippen LogP contribution in [-0.4, -0.2) is 44.2 Å². The van der Waals surface area contributed by atoms with Crippen LogP contribution in [0.1, 0.15) is 26.2 Å². The zero-order valence-corrected chi connectivity index (χ0v) is 13.1. The number of nitrogens with zero attached hydrogens (tertiary/aromatic N) is 2. The summed E-state index contributed by atoms with van der Waals surface area (Å²) in [6.45, 7) is 8.98. The summed E-state index contributed by atoms with van der Waals surface area (Å²) in [5.74, 6) is 1.85. The van der Waals surface area contributed by atoms with E-state index in [1.54, 1.807) is 0 Å². The van der Waals surface area contributed by atoms with Gasteiger partial charge in [0.1, 0.15) is 12.4 Å². The molecule has 0 aromatic heterocycles. The van der Waals surface area contributed by atoms with Crippen LogP contribution >= 0.6 is 0 Å². The van der Waals surface area contributed by atoms with E-state index in [4.69, 9.17) is 10.5 Å². The number of nitrogens with two attached hydrogens (primary N) is 1. The maximum atomic E-state index is 5.83. The van der Waals surface area contributed by atoms with Crippen LogP contribution in [0.2, 0.25) is 0 Å². The lowest BCUT2D eigenvalue weighted by Crippen LogP contribution is -2.37. The van der Waals surface area contributed by atoms with Crippen molar-refractivity contribution in [3.8, 4) is 5.75 Å². The Kier molecular flexibility index (Phi) is 4.54. The maximum Gasteiger partial charge on any atom is 0.144 e. The van der Waals surface area contributed by atoms with Crippen molar-refractivity contribution < 1.29 is 4.74 Å². The minimum absolute atomic E-state index is 0.762. The van der Waals surface area contributed by atoms with Crippen molar-refractivity contribution in [3.05, 3.63) is 18.2 Å². The molecule has 0 unspecified atom stereocenters. The monoisotopic (exact) mass is 289 g/mol. The topological polar surface area (TPSA) is 41.7 Å². The van der Waals surface area contributed by atoms with E-state index in [9.17, 15) is 0 Å². The number of fused-ring (bicyclic) bond motifs is 1. The molecule has 0 saturated carbocycles. The predicted octanol–water partition coefficient (Wildman–Crippen LogP) is 2.59. The van der Waals surface area contributed by atoms with Crippen molar-refractivity contribution in [3.63, 3.8) is 0 Å². The van der Waals surface area contributed by atoms with Gasteiger partial charge in [-0.2, -0.15) is 0 Å². The molecular formula is C17H27N3O. The number of nitrogen functional groups attached to an aromatic ring is 1. The molecule has 0 amide bonds. The third-order valence-corrected chi connectivity index (χ3v) is 4.72. The number of ether oxygens (including phenoxy) is 1. The third kappa shape index (κ3) is 3.62. The smallest absolute Gasteiger partial charge is 0.144 e. The van der Waals surface area contributed by atoms with E-state index in [2.05, 4.69) is 22.8 Å². The quantitative estimate of drug-likeness (QED) is 0.865. The minimum atomic E-state index is 0.762. The number of rotatable bonds is 4. The number of benzene rings is 1. The van der Waals surface area contributed by atoms with E-state index in [0.29, 0.717) is 0 Å². The first-order valence-corrected chi connectivity index (χ1v) is 8.22. The predicted molar refractivity (Wildman–Crippen MR) is 88.0 cm³/mol. The average molecular weight is 289 g/mol. The van der Waals surface area contributed by atoms with Gasteiger partial charge in [-0.05, 0) is 56.9 Å². The van der Waals surface area contributed by atoms with Gasteiger partial charge in [0, 0.05) is 18.3 Å². The number of anilines is 2. The maximum absolute atomic E-state index is 5.83. The Morgan fingerprint density at radius 3 is 2.81 bits per heavy atom. The van der Waals surface area contributed by atoms with Crippen LogP contribution < -0.4 is 15.4 Å². The Balaban J connectivity index is 1.50. The fourth-order valence-corrected chi connectivity index (χ4v) is 3.30. The summed E-state index contributed by atoms with van der Waals surface area (Å²) in [6, 6.07) is 5.99. The Morgan fingerprint density at radius 2 is 2.00 bits per heavy atom. The summed E-state index contributed by atoms with van der Waals surface area (Å²) in [4.78, 5) is 5.05. The number of hydrogen-bond donors (Lipinski definition) is 1. The zero-order valence-electron chi connectivity index (χ0n) is 13.1. The molecule has 2 aliphatic rings. The van der Waals surface area contributed by atoms with Gasteiger partial charge in [0.2, 0.25) is 0 Å². The summed E-state index contributed by atoms with van der Waals surface area (Å²) in [6.07, 6.45) is 3.94. The van der Waals surface area contributed by atoms with Gasteiger partial charge >= 0.3 is 0 Å². The van der Waals surface area contributed by atoms with Gasteiger partial charge in [0.05, 0.1) is 12.2 Å². The molecule has 4 heteroatoms. The van der Waals surface area contributed by atoms with Crippen LogP contribution in [-0.2, 0) is 0 Å². The minimum Gasteiger partial charge on any atom is -0.489 e. The second-order valence-electron chi connectivity index (χ2n) is 6.44. The van der Waals surface area contributed by atoms with Crippen LogP contribution in [0.5, 0.6) is 5.75 Å². The SMILES string of the molecule is CC1CCN(CCCN2CCOc3cc(N)ccc32)CC1. The van der Waals surface area contributed by atoms with Crippen LogP contribution in [0.4, 0.5) is 11.4 Å². The van der Waals surface area contributed by atoms with E-state index in [-0.39, 0.29) is 0 Å². The molecule has 2 heterocycles. The van der Waals surface area contributed by atoms with Crippen LogP contribution in [0.15, 0.2) is 18.2 Å². The van der Waals surface area contributed by atoms with Crippen molar-refractivity contribution in [1.29, 1.82) is 0 Å². The Hall–Kier alpha value is -1.42. The molecule has 0 spiro atoms. The second kappa shape index (κ2) is 6.56. The lowest BCUT2D eigenvalue weighted by molar-refractivity contribution is 0.191. The Labute approximate surface area is 127 Å². The first kappa shape index (κ1) is 14.5. The molecule has 2 aliphatic heterocycles. The highest BCUT2D eigenvalue weighted by molar-refractivity contribution is 5.65. The van der Waals surface area contributed by atoms with Crippen molar-refractivity contribution >= 4 is 11.4 Å². The van der Waals surface area contributed by atoms with Crippen molar-refractivity contribution in [2.45, 2.75) is 26.2 Å². The number of likely N-dealkylation sites (tertiary alicyclic amines) is 1. The van der Waals surface area contributed by atoms with Crippen LogP contribution in [0.25, 0.3) is 0 Å². The molecular weight excluding hydrogens is 262 g/mol. The van der Waals surface area contributed by atoms with E-state index < -0.39 is 0 Å². The molecule has 116 valence electrons. The summed E-state index contributed by atoms with van der Waals surface area (Å²) in [7, 11) is 0. The van der Waals surface area contributed by atoms with Crippen LogP contribution in [0, 0.1) is 5.92 Å². The van der Waals surface area contributed by atoms with Gasteiger partial charge in [-0.15, -0.1) is 0 Å². The van der Waals surface area contributed by atoms with Gasteiger partial charge in [-0.25, -0.2) is 0 Å². The fraction of sp³-hybridized carbons (Fsp3) is 0.647. The molecule has 0 radical (unpaired) electrons. The van der Waals surface area contributed by atoms with E-state index in [1.807, 2.05) is 12.1 Å². The van der Waals surface area contributed by atoms with Gasteiger partial charge in [-0.1, -0.05) is 6.92 Å². The molecule has 21 heavy (non-hydrogen) atoms. The van der Waals surface area contributed by atoms with Crippen molar-refractivity contribution in [1.82, 2.24) is 4.90 Å². The lowest BCUT2D eigenvalue weighted by atomic mass is 9.99. The number of hydrogen-bond acceptors (Lipinski definition) is 4. The first-order valence-electron chi connectivity index (χ1n) is 8.22. The standard InChI is InChI=1S/C17H27N3O/c1-14-5-9-19(10-6-14)7-2-8-20-11-12-21-17-13-15(18)3-4-16(17)20/h3-4,13-14H,2,5-12,18H2,1H3. The van der Waals surface area contributed by atoms with E-state index >= 15 is 0 Å². The summed E-state index contributed by atoms with van der Waals surface area (Å²) < 4.78 is 5.71. The van der Waals surface area contributed by atoms with Gasteiger partial charge in [-0.3, -0.25) is 0 Å². The molecule has 0 aliphatic carbocycles. The highest BCUT2D eigenvalue weighted by Crippen LogP contribution is 2.33. The highest BCUT2D eigenvalue weighted by Gasteiger charge is 2.19. The van der Waals surface area contributed by atoms with Crippen LogP contribution in [0.3, 0.4) is 0 Å². The molecule has 3 rings (SSSR count). The number of piperidine rings is 1. The largest absolute Gasteiger partial charge is 0.489 e. The van der Waals surface area contributed by atoms with Gasteiger partial charge < -0.3 is 20.3 Å². The van der Waals surface area contributed by atoms with E-state index in [1.165, 1.54) is 44.6 Å². The summed E-state index contributed by atoms with van der Waals surface area (Å²) in [5.41, 5.74) is 7.80. The highest BCUT2D eigenvalue weighted by atomic mass is 16.5. The molecule has 1 fully saturated rings. The molecule has 4 nitrogen and oxygen atoms in total. The normalized spacial score (nSPS) is 20.1. The molecule has 1 saturated heterocycles. The van der Waals surface area contributed by atoms with E-state index in [0.717, 1.165) is 37.1 Å². The Bertz CT molecular complexity index is 469. The zero-order chi connectivity index (χ0) is 14.7. The second-order valence-corrected chi connectivity index (χ2v) is 6.44. The van der Waals surface area contributed by atoms with Crippen molar-refractivity contribution in [2.24, 2.45) is 5.92 Å². The molecule has 1 aromatic rings. The average Bonchev–Trinajstić information content (AvgIpc) is 2.49. The summed E-state index contributed by atoms with van der Waals surface area (Å²) >= 11 is 0. The lowest BCUT2D eigenvalue weighted by Gasteiger charge is -2.33. The van der Waals surface area contributed by atoms with Gasteiger partial charge in [0.25, 0.3) is 0 Å². The third-order valence-electron chi connectivity index (χ3n) is 4.72. The first-order chi connectivity index (χ1) is 10.2. The Morgan fingerprint density at radius 1 is 1.19 bits per heavy atom. The fourth-order valence-electron chi connectivity index (χ4n) is 3.30. The molecule has 2 N–H and O–H groups in total. The van der Waals surface area contributed by atoms with Crippen molar-refractivity contribution in [2.75, 3.05) is 50.0 Å². The summed E-state index contributed by atoms with van der Waals surface area (Å²) in [5, 5.41) is 0. The molecule has 0 bridgehead atoms. The van der Waals surface area contributed by atoms with Gasteiger partial charge in [0.15, 0.2) is 0 Å².